The Morgan fingerprint density at radius 2 is 2.14 bits per heavy atom. The molecule has 0 saturated carbocycles. The summed E-state index contributed by atoms with van der Waals surface area (Å²) >= 11 is 2.15. The Balaban J connectivity index is 2.89. The van der Waals surface area contributed by atoms with Crippen molar-refractivity contribution in [2.75, 3.05) is 12.8 Å². The molecule has 1 atom stereocenters. The maximum absolute atomic E-state index is 5.74. The highest BCUT2D eigenvalue weighted by Crippen LogP contribution is 2.15. The summed E-state index contributed by atoms with van der Waals surface area (Å²) in [6.45, 7) is 3.91. The van der Waals surface area contributed by atoms with E-state index in [1.165, 1.54) is 0 Å². The molecule has 1 aromatic rings. The summed E-state index contributed by atoms with van der Waals surface area (Å²) in [5, 5.41) is 0. The van der Waals surface area contributed by atoms with Gasteiger partial charge in [-0.05, 0) is 36.4 Å². The fraction of sp³-hybridized carbons (Fsp3) is 0.556. The minimum atomic E-state index is 0.119. The minimum Gasteiger partial charge on any atom is -0.383 e. The minimum absolute atomic E-state index is 0.119. The van der Waals surface area contributed by atoms with Crippen LogP contribution in [0.25, 0.3) is 0 Å². The number of nitrogen functional groups attached to an aromatic ring is 1. The smallest absolute Gasteiger partial charge is 0.140 e. The van der Waals surface area contributed by atoms with Gasteiger partial charge in [0.15, 0.2) is 0 Å². The second-order valence-electron chi connectivity index (χ2n) is 3.17. The summed E-state index contributed by atoms with van der Waals surface area (Å²) in [5.41, 5.74) is 6.67. The Morgan fingerprint density at radius 1 is 1.50 bits per heavy atom. The zero-order valence-corrected chi connectivity index (χ0v) is 10.7. The first-order valence-electron chi connectivity index (χ1n) is 4.36. The predicted molar refractivity (Wildman–Crippen MR) is 64.1 cm³/mol. The van der Waals surface area contributed by atoms with Crippen molar-refractivity contribution in [3.05, 3.63) is 15.1 Å². The number of hydrogen-bond donors (Lipinski definition) is 1. The first-order chi connectivity index (χ1) is 6.54. The van der Waals surface area contributed by atoms with Gasteiger partial charge in [0, 0.05) is 13.5 Å². The molecule has 0 fully saturated rings. The van der Waals surface area contributed by atoms with Gasteiger partial charge in [-0.1, -0.05) is 0 Å². The van der Waals surface area contributed by atoms with Crippen molar-refractivity contribution < 1.29 is 4.74 Å². The number of halogens is 1. The first kappa shape index (κ1) is 11.6. The lowest BCUT2D eigenvalue weighted by Gasteiger charge is -2.09. The van der Waals surface area contributed by atoms with Crippen molar-refractivity contribution in [1.82, 2.24) is 9.97 Å². The topological polar surface area (TPSA) is 61.0 Å². The molecule has 0 aliphatic carbocycles. The number of nitrogens with zero attached hydrogens (tertiary/aromatic N) is 2. The average Bonchev–Trinajstić information content (AvgIpc) is 2.14. The zero-order chi connectivity index (χ0) is 10.7. The predicted octanol–water partition coefficient (Wildman–Crippen LogP) is 1.55. The average molecular weight is 307 g/mol. The number of hydrogen-bond acceptors (Lipinski definition) is 4. The molecular formula is C9H14IN3O. The summed E-state index contributed by atoms with van der Waals surface area (Å²) < 4.78 is 6.07. The van der Waals surface area contributed by atoms with E-state index in [1.54, 1.807) is 7.11 Å². The molecule has 1 heterocycles. The molecule has 2 N–H and O–H groups in total. The van der Waals surface area contributed by atoms with Gasteiger partial charge in [-0.3, -0.25) is 0 Å². The Morgan fingerprint density at radius 3 is 2.64 bits per heavy atom. The summed E-state index contributed by atoms with van der Waals surface area (Å²) in [4.78, 5) is 8.54. The molecule has 0 amide bonds. The Labute approximate surface area is 97.4 Å². The van der Waals surface area contributed by atoms with Gasteiger partial charge in [0.25, 0.3) is 0 Å². The van der Waals surface area contributed by atoms with Crippen LogP contribution >= 0.6 is 22.6 Å². The van der Waals surface area contributed by atoms with Crippen molar-refractivity contribution >= 4 is 28.4 Å². The Kier molecular flexibility index (Phi) is 4.06. The standard InChI is InChI=1S/C9H14IN3O/c1-5(14-3)4-7-12-6(2)8(10)9(11)13-7/h5H,4H2,1-3H3,(H2,11,12,13). The number of methoxy groups -OCH3 is 1. The van der Waals surface area contributed by atoms with E-state index in [4.69, 9.17) is 10.5 Å². The number of aryl methyl sites for hydroxylation is 1. The number of ether oxygens (including phenoxy) is 1. The molecule has 1 aromatic heterocycles. The lowest BCUT2D eigenvalue weighted by Crippen LogP contribution is -2.13. The number of anilines is 1. The Hall–Kier alpha value is -0.430. The van der Waals surface area contributed by atoms with E-state index in [1.807, 2.05) is 13.8 Å². The zero-order valence-electron chi connectivity index (χ0n) is 8.54. The summed E-state index contributed by atoms with van der Waals surface area (Å²) in [7, 11) is 1.67. The second-order valence-corrected chi connectivity index (χ2v) is 4.25. The van der Waals surface area contributed by atoms with Crippen molar-refractivity contribution in [1.29, 1.82) is 0 Å². The van der Waals surface area contributed by atoms with E-state index >= 15 is 0 Å². The van der Waals surface area contributed by atoms with E-state index in [0.29, 0.717) is 12.2 Å². The molecule has 4 nitrogen and oxygen atoms in total. The van der Waals surface area contributed by atoms with Crippen LogP contribution in [0.5, 0.6) is 0 Å². The molecule has 0 aliphatic rings. The van der Waals surface area contributed by atoms with Crippen LogP contribution in [-0.4, -0.2) is 23.2 Å². The number of rotatable bonds is 3. The van der Waals surface area contributed by atoms with Crippen LogP contribution in [-0.2, 0) is 11.2 Å². The van der Waals surface area contributed by atoms with Crippen LogP contribution in [0, 0.1) is 10.5 Å². The van der Waals surface area contributed by atoms with E-state index in [-0.39, 0.29) is 6.10 Å². The van der Waals surface area contributed by atoms with Gasteiger partial charge in [0.05, 0.1) is 15.4 Å². The fourth-order valence-corrected chi connectivity index (χ4v) is 1.31. The Bertz CT molecular complexity index is 307. The molecule has 5 heteroatoms. The van der Waals surface area contributed by atoms with Crippen LogP contribution in [0.15, 0.2) is 0 Å². The lowest BCUT2D eigenvalue weighted by molar-refractivity contribution is 0.117. The van der Waals surface area contributed by atoms with Crippen LogP contribution in [0.1, 0.15) is 18.4 Å². The van der Waals surface area contributed by atoms with E-state index < -0.39 is 0 Å². The van der Waals surface area contributed by atoms with E-state index in [9.17, 15) is 0 Å². The molecule has 0 saturated heterocycles. The maximum atomic E-state index is 5.74. The van der Waals surface area contributed by atoms with Crippen LogP contribution in [0.4, 0.5) is 5.82 Å². The quantitative estimate of drug-likeness (QED) is 0.861. The molecule has 0 bridgehead atoms. The van der Waals surface area contributed by atoms with Crippen LogP contribution < -0.4 is 5.73 Å². The number of nitrogens with two attached hydrogens (primary N) is 1. The SMILES string of the molecule is COC(C)Cc1nc(C)c(I)c(N)n1. The molecule has 78 valence electrons. The van der Waals surface area contributed by atoms with Gasteiger partial charge in [0.2, 0.25) is 0 Å². The molecule has 0 aromatic carbocycles. The highest BCUT2D eigenvalue weighted by Gasteiger charge is 2.09. The number of aromatic nitrogens is 2. The molecule has 14 heavy (non-hydrogen) atoms. The molecule has 0 spiro atoms. The lowest BCUT2D eigenvalue weighted by atomic mass is 10.2. The van der Waals surface area contributed by atoms with Gasteiger partial charge >= 0.3 is 0 Å². The van der Waals surface area contributed by atoms with Crippen molar-refractivity contribution in [2.45, 2.75) is 26.4 Å². The highest BCUT2D eigenvalue weighted by molar-refractivity contribution is 14.1. The molecule has 1 unspecified atom stereocenters. The third kappa shape index (κ3) is 2.78. The van der Waals surface area contributed by atoms with Crippen molar-refractivity contribution in [3.63, 3.8) is 0 Å². The summed E-state index contributed by atoms with van der Waals surface area (Å²) in [6.07, 6.45) is 0.812. The van der Waals surface area contributed by atoms with Gasteiger partial charge in [-0.15, -0.1) is 0 Å². The molecular weight excluding hydrogens is 293 g/mol. The summed E-state index contributed by atoms with van der Waals surface area (Å²) in [5.74, 6) is 1.30. The summed E-state index contributed by atoms with van der Waals surface area (Å²) in [6, 6.07) is 0. The monoisotopic (exact) mass is 307 g/mol. The van der Waals surface area contributed by atoms with Crippen molar-refractivity contribution in [3.8, 4) is 0 Å². The maximum Gasteiger partial charge on any atom is 0.140 e. The fourth-order valence-electron chi connectivity index (χ4n) is 1.07. The first-order valence-corrected chi connectivity index (χ1v) is 5.43. The van der Waals surface area contributed by atoms with Gasteiger partial charge in [-0.25, -0.2) is 9.97 Å². The van der Waals surface area contributed by atoms with Gasteiger partial charge in [-0.2, -0.15) is 0 Å². The third-order valence-electron chi connectivity index (χ3n) is 1.96. The normalized spacial score (nSPS) is 12.9. The largest absolute Gasteiger partial charge is 0.383 e. The highest BCUT2D eigenvalue weighted by atomic mass is 127. The van der Waals surface area contributed by atoms with E-state index in [2.05, 4.69) is 32.6 Å². The third-order valence-corrected chi connectivity index (χ3v) is 3.29. The van der Waals surface area contributed by atoms with Crippen molar-refractivity contribution in [2.24, 2.45) is 0 Å². The van der Waals surface area contributed by atoms with Crippen LogP contribution in [0.2, 0.25) is 0 Å². The second kappa shape index (κ2) is 4.88. The molecule has 0 aliphatic heterocycles. The molecule has 0 radical (unpaired) electrons. The van der Waals surface area contributed by atoms with E-state index in [0.717, 1.165) is 15.1 Å². The van der Waals surface area contributed by atoms with Gasteiger partial charge in [0.1, 0.15) is 11.6 Å². The van der Waals surface area contributed by atoms with Crippen LogP contribution in [0.3, 0.4) is 0 Å². The molecule has 1 rings (SSSR count). The van der Waals surface area contributed by atoms with Gasteiger partial charge < -0.3 is 10.5 Å².